The van der Waals surface area contributed by atoms with E-state index >= 15 is 0 Å². The van der Waals surface area contributed by atoms with Gasteiger partial charge in [-0.2, -0.15) is 0 Å². The van der Waals surface area contributed by atoms with Crippen LogP contribution in [0.4, 0.5) is 5.69 Å². The highest BCUT2D eigenvalue weighted by molar-refractivity contribution is 5.49. The molecule has 0 bridgehead atoms. The van der Waals surface area contributed by atoms with E-state index in [2.05, 4.69) is 34.2 Å². The quantitative estimate of drug-likeness (QED) is 0.743. The molecular formula is C17H29N3O. The summed E-state index contributed by atoms with van der Waals surface area (Å²) < 4.78 is 5.21. The predicted octanol–water partition coefficient (Wildman–Crippen LogP) is 2.21. The van der Waals surface area contributed by atoms with Crippen molar-refractivity contribution in [3.8, 4) is 5.75 Å². The summed E-state index contributed by atoms with van der Waals surface area (Å²) in [4.78, 5) is 5.06. The molecule has 0 aromatic heterocycles. The molecule has 2 rings (SSSR count). The maximum absolute atomic E-state index is 5.21. The van der Waals surface area contributed by atoms with Gasteiger partial charge in [-0.3, -0.25) is 4.90 Å². The summed E-state index contributed by atoms with van der Waals surface area (Å²) in [5.41, 5.74) is 1.31. The number of hydrogen-bond acceptors (Lipinski definition) is 4. The smallest absolute Gasteiger partial charge is 0.119 e. The number of methoxy groups -OCH3 is 1. The summed E-state index contributed by atoms with van der Waals surface area (Å²) >= 11 is 0. The standard InChI is InChI=1S/C17H29N3O/c1-3-18-10-4-5-11-19-12-14-20(15-13-19)16-6-8-17(21-2)9-7-16/h6-9,18H,3-5,10-15H2,1-2H3. The second kappa shape index (κ2) is 8.90. The van der Waals surface area contributed by atoms with Crippen molar-refractivity contribution in [3.63, 3.8) is 0 Å². The molecule has 0 radical (unpaired) electrons. The monoisotopic (exact) mass is 291 g/mol. The summed E-state index contributed by atoms with van der Waals surface area (Å²) in [6.07, 6.45) is 2.59. The highest BCUT2D eigenvalue weighted by Gasteiger charge is 2.16. The van der Waals surface area contributed by atoms with Gasteiger partial charge in [0.15, 0.2) is 0 Å². The van der Waals surface area contributed by atoms with Crippen molar-refractivity contribution in [2.75, 3.05) is 57.8 Å². The molecule has 0 aliphatic carbocycles. The van der Waals surface area contributed by atoms with Crippen LogP contribution >= 0.6 is 0 Å². The molecule has 21 heavy (non-hydrogen) atoms. The molecule has 1 aliphatic heterocycles. The lowest BCUT2D eigenvalue weighted by molar-refractivity contribution is 0.252. The number of unbranched alkanes of at least 4 members (excludes halogenated alkanes) is 1. The van der Waals surface area contributed by atoms with E-state index in [0.29, 0.717) is 0 Å². The summed E-state index contributed by atoms with van der Waals surface area (Å²) in [5, 5.41) is 3.39. The van der Waals surface area contributed by atoms with E-state index in [1.54, 1.807) is 7.11 Å². The number of nitrogens with one attached hydrogen (secondary N) is 1. The number of piperazine rings is 1. The van der Waals surface area contributed by atoms with Gasteiger partial charge in [-0.1, -0.05) is 6.92 Å². The molecule has 1 heterocycles. The van der Waals surface area contributed by atoms with Crippen molar-refractivity contribution >= 4 is 5.69 Å². The Balaban J connectivity index is 1.67. The van der Waals surface area contributed by atoms with E-state index in [-0.39, 0.29) is 0 Å². The molecule has 0 amide bonds. The van der Waals surface area contributed by atoms with E-state index in [1.807, 2.05) is 12.1 Å². The fourth-order valence-corrected chi connectivity index (χ4v) is 2.78. The molecule has 4 nitrogen and oxygen atoms in total. The molecule has 1 aromatic rings. The third-order valence-corrected chi connectivity index (χ3v) is 4.14. The number of rotatable bonds is 8. The van der Waals surface area contributed by atoms with E-state index in [0.717, 1.165) is 31.9 Å². The fourth-order valence-electron chi connectivity index (χ4n) is 2.78. The average Bonchev–Trinajstić information content (AvgIpc) is 2.55. The van der Waals surface area contributed by atoms with Gasteiger partial charge in [-0.05, 0) is 56.7 Å². The molecule has 0 spiro atoms. The van der Waals surface area contributed by atoms with Crippen LogP contribution in [0, 0.1) is 0 Å². The summed E-state index contributed by atoms with van der Waals surface area (Å²) in [6.45, 7) is 10.2. The van der Waals surface area contributed by atoms with Crippen LogP contribution in [0.3, 0.4) is 0 Å². The summed E-state index contributed by atoms with van der Waals surface area (Å²) in [7, 11) is 1.71. The van der Waals surface area contributed by atoms with Gasteiger partial charge in [-0.15, -0.1) is 0 Å². The first-order valence-corrected chi connectivity index (χ1v) is 8.15. The Kier molecular flexibility index (Phi) is 6.83. The normalized spacial score (nSPS) is 16.2. The lowest BCUT2D eigenvalue weighted by Gasteiger charge is -2.36. The van der Waals surface area contributed by atoms with Crippen LogP contribution in [0.25, 0.3) is 0 Å². The van der Waals surface area contributed by atoms with E-state index in [9.17, 15) is 0 Å². The Morgan fingerprint density at radius 2 is 1.76 bits per heavy atom. The Bertz CT molecular complexity index is 386. The van der Waals surface area contributed by atoms with Crippen molar-refractivity contribution < 1.29 is 4.74 Å². The molecule has 118 valence electrons. The Morgan fingerprint density at radius 1 is 1.05 bits per heavy atom. The zero-order valence-corrected chi connectivity index (χ0v) is 13.5. The summed E-state index contributed by atoms with van der Waals surface area (Å²) in [6, 6.07) is 8.40. The zero-order chi connectivity index (χ0) is 14.9. The third kappa shape index (κ3) is 5.21. The van der Waals surface area contributed by atoms with Crippen LogP contribution in [0.2, 0.25) is 0 Å². The van der Waals surface area contributed by atoms with Gasteiger partial charge in [0.25, 0.3) is 0 Å². The van der Waals surface area contributed by atoms with Gasteiger partial charge in [0, 0.05) is 31.9 Å². The number of nitrogens with zero attached hydrogens (tertiary/aromatic N) is 2. The minimum atomic E-state index is 0.929. The van der Waals surface area contributed by atoms with Crippen molar-refractivity contribution in [2.24, 2.45) is 0 Å². The second-order valence-electron chi connectivity index (χ2n) is 5.59. The first kappa shape index (κ1) is 16.1. The SMILES string of the molecule is CCNCCCCN1CCN(c2ccc(OC)cc2)CC1. The molecule has 1 fully saturated rings. The summed E-state index contributed by atoms with van der Waals surface area (Å²) in [5.74, 6) is 0.929. The number of hydrogen-bond donors (Lipinski definition) is 1. The second-order valence-corrected chi connectivity index (χ2v) is 5.59. The van der Waals surface area contributed by atoms with Crippen LogP contribution in [-0.2, 0) is 0 Å². The van der Waals surface area contributed by atoms with Gasteiger partial charge in [-0.25, -0.2) is 0 Å². The van der Waals surface area contributed by atoms with Gasteiger partial charge >= 0.3 is 0 Å². The van der Waals surface area contributed by atoms with Gasteiger partial charge in [0.05, 0.1) is 7.11 Å². The van der Waals surface area contributed by atoms with Gasteiger partial charge in [0.2, 0.25) is 0 Å². The highest BCUT2D eigenvalue weighted by atomic mass is 16.5. The van der Waals surface area contributed by atoms with Gasteiger partial charge in [0.1, 0.15) is 5.75 Å². The van der Waals surface area contributed by atoms with Crippen molar-refractivity contribution in [1.82, 2.24) is 10.2 Å². The highest BCUT2D eigenvalue weighted by Crippen LogP contribution is 2.20. The van der Waals surface area contributed by atoms with Crippen LogP contribution in [0.1, 0.15) is 19.8 Å². The number of benzene rings is 1. The first-order chi connectivity index (χ1) is 10.3. The zero-order valence-electron chi connectivity index (χ0n) is 13.5. The van der Waals surface area contributed by atoms with Crippen molar-refractivity contribution in [3.05, 3.63) is 24.3 Å². The predicted molar refractivity (Wildman–Crippen MR) is 89.4 cm³/mol. The molecule has 0 saturated carbocycles. The Labute approximate surface area is 129 Å². The molecule has 1 aromatic carbocycles. The topological polar surface area (TPSA) is 27.7 Å². The minimum Gasteiger partial charge on any atom is -0.497 e. The van der Waals surface area contributed by atoms with Crippen molar-refractivity contribution in [2.45, 2.75) is 19.8 Å². The van der Waals surface area contributed by atoms with Gasteiger partial charge < -0.3 is 15.0 Å². The number of ether oxygens (including phenoxy) is 1. The molecule has 1 N–H and O–H groups in total. The van der Waals surface area contributed by atoms with E-state index in [1.165, 1.54) is 38.2 Å². The maximum atomic E-state index is 5.21. The van der Waals surface area contributed by atoms with E-state index in [4.69, 9.17) is 4.74 Å². The largest absolute Gasteiger partial charge is 0.497 e. The van der Waals surface area contributed by atoms with Crippen LogP contribution in [0.5, 0.6) is 5.75 Å². The lowest BCUT2D eigenvalue weighted by atomic mass is 10.2. The molecule has 0 atom stereocenters. The maximum Gasteiger partial charge on any atom is 0.119 e. The molecule has 1 saturated heterocycles. The third-order valence-electron chi connectivity index (χ3n) is 4.14. The molecule has 0 unspecified atom stereocenters. The van der Waals surface area contributed by atoms with Crippen LogP contribution < -0.4 is 15.0 Å². The minimum absolute atomic E-state index is 0.929. The van der Waals surface area contributed by atoms with Crippen LogP contribution in [-0.4, -0.2) is 57.8 Å². The molecular weight excluding hydrogens is 262 g/mol. The molecule has 4 heteroatoms. The van der Waals surface area contributed by atoms with Crippen molar-refractivity contribution in [1.29, 1.82) is 0 Å². The average molecular weight is 291 g/mol. The van der Waals surface area contributed by atoms with Crippen LogP contribution in [0.15, 0.2) is 24.3 Å². The number of anilines is 1. The first-order valence-electron chi connectivity index (χ1n) is 8.15. The molecule has 1 aliphatic rings. The lowest BCUT2D eigenvalue weighted by Crippen LogP contribution is -2.46. The fraction of sp³-hybridized carbons (Fsp3) is 0.647. The Morgan fingerprint density at radius 3 is 2.38 bits per heavy atom. The Hall–Kier alpha value is -1.26. The van der Waals surface area contributed by atoms with E-state index < -0.39 is 0 Å².